The highest BCUT2D eigenvalue weighted by Crippen LogP contribution is 1.65. The minimum absolute atomic E-state index is 0.202. The second-order valence-corrected chi connectivity index (χ2v) is 1.68. The fourth-order valence-electron chi connectivity index (χ4n) is 0.443. The number of urea groups is 1. The van der Waals surface area contributed by atoms with E-state index in [2.05, 4.69) is 17.6 Å². The van der Waals surface area contributed by atoms with Gasteiger partial charge in [0.05, 0.1) is 6.61 Å². The zero-order valence-corrected chi connectivity index (χ0v) is 6.14. The number of amides is 2. The first-order valence-electron chi connectivity index (χ1n) is 3.11. The monoisotopic (exact) mass is 145 g/mol. The molecule has 0 aliphatic carbocycles. The Balaban J connectivity index is 3.05. The summed E-state index contributed by atoms with van der Waals surface area (Å²) in [5.74, 6) is 0. The molecule has 59 valence electrons. The van der Waals surface area contributed by atoms with Crippen molar-refractivity contribution < 1.29 is 9.53 Å². The van der Waals surface area contributed by atoms with Crippen molar-refractivity contribution in [1.82, 2.24) is 10.6 Å². The van der Waals surface area contributed by atoms with E-state index in [0.717, 1.165) is 0 Å². The molecule has 4 nitrogen and oxygen atoms in total. The molecule has 0 atom stereocenters. The number of ether oxygens (including phenoxy) is 1. The first-order valence-corrected chi connectivity index (χ1v) is 3.11. The van der Waals surface area contributed by atoms with Gasteiger partial charge in [0, 0.05) is 20.2 Å². The highest BCUT2D eigenvalue weighted by Gasteiger charge is 1.93. The van der Waals surface area contributed by atoms with Crippen LogP contribution < -0.4 is 10.6 Å². The van der Waals surface area contributed by atoms with E-state index in [0.29, 0.717) is 19.7 Å². The van der Waals surface area contributed by atoms with Crippen molar-refractivity contribution in [2.45, 2.75) is 0 Å². The molecule has 0 spiro atoms. The van der Waals surface area contributed by atoms with Gasteiger partial charge in [-0.3, -0.25) is 0 Å². The maximum Gasteiger partial charge on any atom is 0.314 e. The van der Waals surface area contributed by atoms with Gasteiger partial charge in [-0.2, -0.15) is 0 Å². The van der Waals surface area contributed by atoms with E-state index < -0.39 is 0 Å². The summed E-state index contributed by atoms with van der Waals surface area (Å²) < 4.78 is 4.71. The predicted molar refractivity (Wildman–Crippen MR) is 38.6 cm³/mol. The molecule has 4 heteroatoms. The van der Waals surface area contributed by atoms with E-state index >= 15 is 0 Å². The highest BCUT2D eigenvalue weighted by molar-refractivity contribution is 5.73. The Morgan fingerprint density at radius 3 is 2.80 bits per heavy atom. The molecule has 1 radical (unpaired) electrons. The average molecular weight is 145 g/mol. The van der Waals surface area contributed by atoms with E-state index in [1.165, 1.54) is 0 Å². The van der Waals surface area contributed by atoms with E-state index in [1.54, 1.807) is 7.11 Å². The van der Waals surface area contributed by atoms with Gasteiger partial charge in [0.2, 0.25) is 0 Å². The van der Waals surface area contributed by atoms with Crippen LogP contribution >= 0.6 is 0 Å². The molecule has 0 aromatic rings. The van der Waals surface area contributed by atoms with Gasteiger partial charge >= 0.3 is 6.03 Å². The smallest absolute Gasteiger partial charge is 0.314 e. The Labute approximate surface area is 60.9 Å². The van der Waals surface area contributed by atoms with E-state index in [9.17, 15) is 4.79 Å². The zero-order chi connectivity index (χ0) is 7.82. The van der Waals surface area contributed by atoms with Gasteiger partial charge < -0.3 is 15.4 Å². The average Bonchev–Trinajstić information content (AvgIpc) is 1.89. The molecule has 0 aliphatic heterocycles. The van der Waals surface area contributed by atoms with E-state index in [-0.39, 0.29) is 6.03 Å². The second kappa shape index (κ2) is 6.35. The van der Waals surface area contributed by atoms with Gasteiger partial charge in [0.25, 0.3) is 0 Å². The fourth-order valence-corrected chi connectivity index (χ4v) is 0.443. The number of hydrogen-bond donors (Lipinski definition) is 2. The van der Waals surface area contributed by atoms with Crippen LogP contribution in [-0.4, -0.2) is 32.8 Å². The van der Waals surface area contributed by atoms with Crippen LogP contribution in [0.2, 0.25) is 0 Å². The summed E-state index contributed by atoms with van der Waals surface area (Å²) in [6.07, 6.45) is 0. The maximum atomic E-state index is 10.6. The first-order chi connectivity index (χ1) is 4.81. The number of carbonyl (C=O) groups excluding carboxylic acids is 1. The summed E-state index contributed by atoms with van der Waals surface area (Å²) >= 11 is 0. The van der Waals surface area contributed by atoms with E-state index in [4.69, 9.17) is 4.74 Å². The second-order valence-electron chi connectivity index (χ2n) is 1.68. The summed E-state index contributed by atoms with van der Waals surface area (Å²) in [6.45, 7) is 4.91. The number of nitrogens with one attached hydrogen (secondary N) is 2. The van der Waals surface area contributed by atoms with Crippen LogP contribution in [0.4, 0.5) is 4.79 Å². The zero-order valence-electron chi connectivity index (χ0n) is 6.14. The van der Waals surface area contributed by atoms with Gasteiger partial charge in [-0.05, 0) is 6.92 Å². The summed E-state index contributed by atoms with van der Waals surface area (Å²) in [5, 5.41) is 5.06. The molecule has 0 unspecified atom stereocenters. The van der Waals surface area contributed by atoms with Crippen molar-refractivity contribution in [3.05, 3.63) is 6.92 Å². The standard InChI is InChI=1S/C6H13N2O2/c1-3-7-6(9)8-4-5-10-2/h1,3-5H2,2H3,(H2,7,8,9). The SMILES string of the molecule is [CH2]CNC(=O)NCCOC. The lowest BCUT2D eigenvalue weighted by atomic mass is 10.6. The topological polar surface area (TPSA) is 50.4 Å². The lowest BCUT2D eigenvalue weighted by molar-refractivity contribution is 0.196. The van der Waals surface area contributed by atoms with Crippen LogP contribution in [0, 0.1) is 6.92 Å². The highest BCUT2D eigenvalue weighted by atomic mass is 16.5. The molecule has 0 saturated heterocycles. The third-order valence-corrected chi connectivity index (χ3v) is 0.877. The lowest BCUT2D eigenvalue weighted by Gasteiger charge is -2.03. The Kier molecular flexibility index (Phi) is 5.86. The van der Waals surface area contributed by atoms with Crippen molar-refractivity contribution in [2.24, 2.45) is 0 Å². The molecule has 2 amide bonds. The van der Waals surface area contributed by atoms with Gasteiger partial charge in [-0.25, -0.2) is 4.79 Å². The molecule has 2 N–H and O–H groups in total. The number of carbonyl (C=O) groups is 1. The lowest BCUT2D eigenvalue weighted by Crippen LogP contribution is -2.36. The summed E-state index contributed by atoms with van der Waals surface area (Å²) in [5.41, 5.74) is 0. The molecule has 0 saturated carbocycles. The van der Waals surface area contributed by atoms with Crippen molar-refractivity contribution in [3.8, 4) is 0 Å². The minimum atomic E-state index is -0.202. The van der Waals surface area contributed by atoms with Gasteiger partial charge in [0.1, 0.15) is 0 Å². The van der Waals surface area contributed by atoms with Crippen molar-refractivity contribution in [1.29, 1.82) is 0 Å². The molecule has 0 bridgehead atoms. The quantitative estimate of drug-likeness (QED) is 0.537. The van der Waals surface area contributed by atoms with Crippen LogP contribution in [0.3, 0.4) is 0 Å². The van der Waals surface area contributed by atoms with Crippen molar-refractivity contribution in [2.75, 3.05) is 26.8 Å². The van der Waals surface area contributed by atoms with Crippen LogP contribution in [0.15, 0.2) is 0 Å². The molecule has 0 heterocycles. The summed E-state index contributed by atoms with van der Waals surface area (Å²) in [7, 11) is 1.58. The van der Waals surface area contributed by atoms with Gasteiger partial charge in [-0.15, -0.1) is 0 Å². The molecule has 0 aromatic heterocycles. The molecule has 0 rings (SSSR count). The molecular formula is C6H13N2O2. The Hall–Kier alpha value is -0.770. The van der Waals surface area contributed by atoms with E-state index in [1.807, 2.05) is 0 Å². The molecule has 10 heavy (non-hydrogen) atoms. The third kappa shape index (κ3) is 5.37. The normalized spacial score (nSPS) is 9.00. The van der Waals surface area contributed by atoms with Crippen LogP contribution in [0.25, 0.3) is 0 Å². The van der Waals surface area contributed by atoms with Crippen molar-refractivity contribution in [3.63, 3.8) is 0 Å². The maximum absolute atomic E-state index is 10.6. The molecular weight excluding hydrogens is 132 g/mol. The number of hydrogen-bond acceptors (Lipinski definition) is 2. The van der Waals surface area contributed by atoms with Crippen LogP contribution in [0.5, 0.6) is 0 Å². The largest absolute Gasteiger partial charge is 0.383 e. The van der Waals surface area contributed by atoms with Crippen molar-refractivity contribution >= 4 is 6.03 Å². The molecule has 0 fully saturated rings. The number of rotatable bonds is 4. The summed E-state index contributed by atoms with van der Waals surface area (Å²) in [4.78, 5) is 10.6. The summed E-state index contributed by atoms with van der Waals surface area (Å²) in [6, 6.07) is -0.202. The molecule has 0 aromatic carbocycles. The minimum Gasteiger partial charge on any atom is -0.383 e. The fraction of sp³-hybridized carbons (Fsp3) is 0.667. The van der Waals surface area contributed by atoms with Crippen LogP contribution in [0.1, 0.15) is 0 Å². The third-order valence-electron chi connectivity index (χ3n) is 0.877. The first kappa shape index (κ1) is 9.23. The Morgan fingerprint density at radius 2 is 2.30 bits per heavy atom. The van der Waals surface area contributed by atoms with Gasteiger partial charge in [0.15, 0.2) is 0 Å². The Bertz CT molecular complexity index is 95.7. The predicted octanol–water partition coefficient (Wildman–Crippen LogP) is -0.234. The van der Waals surface area contributed by atoms with Gasteiger partial charge in [-0.1, -0.05) is 0 Å². The number of methoxy groups -OCH3 is 1. The van der Waals surface area contributed by atoms with Crippen LogP contribution in [-0.2, 0) is 4.74 Å². The Morgan fingerprint density at radius 1 is 1.60 bits per heavy atom. The molecule has 0 aliphatic rings.